The molecule has 2 atom stereocenters. The number of piperidine rings is 1. The largest absolute Gasteiger partial charge is 0.482 e. The van der Waals surface area contributed by atoms with Crippen LogP contribution in [0.3, 0.4) is 0 Å². The van der Waals surface area contributed by atoms with Crippen LogP contribution < -0.4 is 10.1 Å². The average Bonchev–Trinajstić information content (AvgIpc) is 2.60. The molecule has 142 valence electrons. The summed E-state index contributed by atoms with van der Waals surface area (Å²) in [6, 6.07) is 4.38. The Morgan fingerprint density at radius 1 is 1.42 bits per heavy atom. The number of ether oxygens (including phenoxy) is 1. The number of nitrogens with zero attached hydrogens (tertiary/aromatic N) is 1. The predicted octanol–water partition coefficient (Wildman–Crippen LogP) is 1.83. The number of likely N-dealkylation sites (tertiary alicyclic amines) is 1. The van der Waals surface area contributed by atoms with E-state index in [1.54, 1.807) is 11.8 Å². The quantitative estimate of drug-likeness (QED) is 0.860. The van der Waals surface area contributed by atoms with E-state index in [0.29, 0.717) is 30.4 Å². The Labute approximate surface area is 153 Å². The third-order valence-electron chi connectivity index (χ3n) is 4.91. The van der Waals surface area contributed by atoms with Gasteiger partial charge in [0.2, 0.25) is 5.91 Å². The first-order valence-corrected chi connectivity index (χ1v) is 10.4. The van der Waals surface area contributed by atoms with Gasteiger partial charge >= 0.3 is 0 Å². The Kier molecular flexibility index (Phi) is 5.22. The van der Waals surface area contributed by atoms with Crippen molar-refractivity contribution in [3.63, 3.8) is 0 Å². The summed E-state index contributed by atoms with van der Waals surface area (Å²) in [5.41, 5.74) is 0.339. The molecule has 0 unspecified atom stereocenters. The van der Waals surface area contributed by atoms with Crippen LogP contribution in [0.25, 0.3) is 0 Å². The molecule has 1 saturated heterocycles. The van der Waals surface area contributed by atoms with Crippen molar-refractivity contribution in [3.05, 3.63) is 18.2 Å². The zero-order valence-corrected chi connectivity index (χ0v) is 15.8. The highest BCUT2D eigenvalue weighted by molar-refractivity contribution is 7.92. The Hall–Kier alpha value is -2.09. The lowest BCUT2D eigenvalue weighted by Gasteiger charge is -2.31. The number of sulfone groups is 1. The maximum atomic E-state index is 12.9. The minimum Gasteiger partial charge on any atom is -0.482 e. The SMILES string of the molecule is C[C@H]1CCCN(C(=O)C[C@@H](C)S(=O)(=O)c2ccc3c(c2)NC(=O)CO3)C1. The van der Waals surface area contributed by atoms with Gasteiger partial charge in [-0.1, -0.05) is 6.92 Å². The zero-order chi connectivity index (χ0) is 18.9. The molecule has 1 N–H and O–H groups in total. The minimum atomic E-state index is -3.69. The van der Waals surface area contributed by atoms with Gasteiger partial charge in [-0.3, -0.25) is 9.59 Å². The normalized spacial score (nSPS) is 21.4. The van der Waals surface area contributed by atoms with Crippen LogP contribution in [-0.4, -0.2) is 50.1 Å². The van der Waals surface area contributed by atoms with Gasteiger partial charge in [-0.05, 0) is 43.9 Å². The summed E-state index contributed by atoms with van der Waals surface area (Å²) in [6.45, 7) is 4.95. The van der Waals surface area contributed by atoms with Crippen LogP contribution in [0, 0.1) is 5.92 Å². The van der Waals surface area contributed by atoms with Crippen molar-refractivity contribution in [1.82, 2.24) is 4.90 Å². The second-order valence-corrected chi connectivity index (χ2v) is 9.51. The number of carbonyl (C=O) groups is 2. The molecule has 0 bridgehead atoms. The number of benzene rings is 1. The van der Waals surface area contributed by atoms with Gasteiger partial charge in [-0.2, -0.15) is 0 Å². The smallest absolute Gasteiger partial charge is 0.262 e. The average molecular weight is 380 g/mol. The topological polar surface area (TPSA) is 92.8 Å². The van der Waals surface area contributed by atoms with Gasteiger partial charge in [-0.25, -0.2) is 8.42 Å². The third-order valence-corrected chi connectivity index (χ3v) is 7.05. The molecule has 0 aromatic heterocycles. The number of fused-ring (bicyclic) bond motifs is 1. The van der Waals surface area contributed by atoms with Crippen molar-refractivity contribution in [2.75, 3.05) is 25.0 Å². The molecule has 1 fully saturated rings. The summed E-state index contributed by atoms with van der Waals surface area (Å²) in [5.74, 6) is 0.440. The number of hydrogen-bond acceptors (Lipinski definition) is 5. The van der Waals surface area contributed by atoms with Gasteiger partial charge < -0.3 is 15.0 Å². The van der Waals surface area contributed by atoms with Crippen LogP contribution in [-0.2, 0) is 19.4 Å². The first-order valence-electron chi connectivity index (χ1n) is 8.85. The maximum absolute atomic E-state index is 12.9. The van der Waals surface area contributed by atoms with Crippen LogP contribution in [0.1, 0.15) is 33.1 Å². The Balaban J connectivity index is 1.74. The molecule has 1 aromatic carbocycles. The second kappa shape index (κ2) is 7.26. The molecule has 2 aliphatic heterocycles. The van der Waals surface area contributed by atoms with E-state index in [0.717, 1.165) is 12.8 Å². The van der Waals surface area contributed by atoms with Crippen LogP contribution in [0.5, 0.6) is 5.75 Å². The number of rotatable bonds is 4. The van der Waals surface area contributed by atoms with Crippen molar-refractivity contribution in [1.29, 1.82) is 0 Å². The number of nitrogens with one attached hydrogen (secondary N) is 1. The predicted molar refractivity (Wildman–Crippen MR) is 96.8 cm³/mol. The lowest BCUT2D eigenvalue weighted by atomic mass is 10.00. The second-order valence-electron chi connectivity index (χ2n) is 7.14. The zero-order valence-electron chi connectivity index (χ0n) is 15.0. The van der Waals surface area contributed by atoms with E-state index in [9.17, 15) is 18.0 Å². The van der Waals surface area contributed by atoms with E-state index in [1.165, 1.54) is 18.2 Å². The fraction of sp³-hybridized carbons (Fsp3) is 0.556. The highest BCUT2D eigenvalue weighted by Crippen LogP contribution is 2.32. The minimum absolute atomic E-state index is 0.0466. The lowest BCUT2D eigenvalue weighted by Crippen LogP contribution is -2.41. The van der Waals surface area contributed by atoms with E-state index >= 15 is 0 Å². The molecule has 3 rings (SSSR count). The molecule has 0 radical (unpaired) electrons. The fourth-order valence-electron chi connectivity index (χ4n) is 3.37. The van der Waals surface area contributed by atoms with Gasteiger partial charge in [0.1, 0.15) is 5.75 Å². The molecule has 2 aliphatic rings. The molecular formula is C18H24N2O5S. The molecular weight excluding hydrogens is 356 g/mol. The van der Waals surface area contributed by atoms with E-state index in [-0.39, 0.29) is 29.7 Å². The van der Waals surface area contributed by atoms with Crippen LogP contribution in [0.15, 0.2) is 23.1 Å². The van der Waals surface area contributed by atoms with Gasteiger partial charge in [0, 0.05) is 19.5 Å². The summed E-state index contributed by atoms with van der Waals surface area (Å²) >= 11 is 0. The monoisotopic (exact) mass is 380 g/mol. The highest BCUT2D eigenvalue weighted by Gasteiger charge is 2.30. The summed E-state index contributed by atoms with van der Waals surface area (Å²) < 4.78 is 31.0. The Bertz CT molecular complexity index is 821. The van der Waals surface area contributed by atoms with E-state index in [4.69, 9.17) is 4.74 Å². The summed E-state index contributed by atoms with van der Waals surface area (Å²) in [5, 5.41) is 1.76. The summed E-state index contributed by atoms with van der Waals surface area (Å²) in [6.07, 6.45) is 2.01. The van der Waals surface area contributed by atoms with E-state index < -0.39 is 15.1 Å². The fourth-order valence-corrected chi connectivity index (χ4v) is 4.74. The third kappa shape index (κ3) is 3.85. The van der Waals surface area contributed by atoms with Crippen molar-refractivity contribution in [3.8, 4) is 5.75 Å². The van der Waals surface area contributed by atoms with Gasteiger partial charge in [0.15, 0.2) is 16.4 Å². The molecule has 8 heteroatoms. The Morgan fingerprint density at radius 3 is 2.92 bits per heavy atom. The lowest BCUT2D eigenvalue weighted by molar-refractivity contribution is -0.132. The van der Waals surface area contributed by atoms with E-state index in [1.807, 2.05) is 0 Å². The number of anilines is 1. The van der Waals surface area contributed by atoms with Gasteiger partial charge in [-0.15, -0.1) is 0 Å². The summed E-state index contributed by atoms with van der Waals surface area (Å²) in [7, 11) is -3.69. The highest BCUT2D eigenvalue weighted by atomic mass is 32.2. The first-order chi connectivity index (χ1) is 12.3. The molecule has 1 aromatic rings. The molecule has 2 amide bonds. The standard InChI is InChI=1S/C18H24N2O5S/c1-12-4-3-7-20(10-12)18(22)8-13(2)26(23,24)14-5-6-16-15(9-14)19-17(21)11-25-16/h5-6,9,12-13H,3-4,7-8,10-11H2,1-2H3,(H,19,21)/t12-,13+/m0/s1. The Morgan fingerprint density at radius 2 is 2.19 bits per heavy atom. The molecule has 0 saturated carbocycles. The van der Waals surface area contributed by atoms with E-state index in [2.05, 4.69) is 12.2 Å². The molecule has 0 spiro atoms. The van der Waals surface area contributed by atoms with Crippen molar-refractivity contribution >= 4 is 27.3 Å². The van der Waals surface area contributed by atoms with Crippen molar-refractivity contribution in [2.45, 2.75) is 43.3 Å². The molecule has 0 aliphatic carbocycles. The van der Waals surface area contributed by atoms with Gasteiger partial charge in [0.25, 0.3) is 5.91 Å². The maximum Gasteiger partial charge on any atom is 0.262 e. The number of amides is 2. The summed E-state index contributed by atoms with van der Waals surface area (Å²) in [4.78, 5) is 25.8. The number of hydrogen-bond donors (Lipinski definition) is 1. The van der Waals surface area contributed by atoms with Crippen LogP contribution in [0.2, 0.25) is 0 Å². The van der Waals surface area contributed by atoms with Crippen LogP contribution in [0.4, 0.5) is 5.69 Å². The van der Waals surface area contributed by atoms with Gasteiger partial charge in [0.05, 0.1) is 15.8 Å². The molecule has 2 heterocycles. The molecule has 26 heavy (non-hydrogen) atoms. The number of carbonyl (C=O) groups excluding carboxylic acids is 2. The molecule has 7 nitrogen and oxygen atoms in total. The van der Waals surface area contributed by atoms with Crippen molar-refractivity contribution in [2.24, 2.45) is 5.92 Å². The van der Waals surface area contributed by atoms with Crippen molar-refractivity contribution < 1.29 is 22.7 Å². The first kappa shape index (κ1) is 18.7. The van der Waals surface area contributed by atoms with Crippen LogP contribution >= 0.6 is 0 Å².